The first kappa shape index (κ1) is 17.2. The minimum absolute atomic E-state index is 0.233. The van der Waals surface area contributed by atoms with Gasteiger partial charge in [-0.3, -0.25) is 20.2 Å². The van der Waals surface area contributed by atoms with Gasteiger partial charge in [0.1, 0.15) is 17.1 Å². The summed E-state index contributed by atoms with van der Waals surface area (Å²) in [5, 5.41) is 3.96. The van der Waals surface area contributed by atoms with Crippen molar-refractivity contribution in [2.24, 2.45) is 0 Å². The predicted molar refractivity (Wildman–Crippen MR) is 89.8 cm³/mol. The molecule has 0 bridgehead atoms. The second kappa shape index (κ2) is 7.06. The predicted octanol–water partition coefficient (Wildman–Crippen LogP) is 1.87. The number of furan rings is 1. The molecule has 132 valence electrons. The van der Waals surface area contributed by atoms with Gasteiger partial charge >= 0.3 is 12.0 Å². The summed E-state index contributed by atoms with van der Waals surface area (Å²) in [5.74, 6) is -1.25. The van der Waals surface area contributed by atoms with Crippen molar-refractivity contribution >= 4 is 29.9 Å². The van der Waals surface area contributed by atoms with E-state index in [4.69, 9.17) is 9.15 Å². The molecule has 4 amide bonds. The molecule has 1 aromatic carbocycles. The zero-order chi connectivity index (χ0) is 18.7. The van der Waals surface area contributed by atoms with Crippen molar-refractivity contribution in [1.82, 2.24) is 10.6 Å². The molecule has 8 nitrogen and oxygen atoms in total. The lowest BCUT2D eigenvalue weighted by atomic mass is 10.1. The minimum atomic E-state index is -0.862. The summed E-state index contributed by atoms with van der Waals surface area (Å²) in [7, 11) is 0. The van der Waals surface area contributed by atoms with E-state index in [1.54, 1.807) is 43.3 Å². The number of hydrogen-bond acceptors (Lipinski definition) is 6. The summed E-state index contributed by atoms with van der Waals surface area (Å²) in [6, 6.07) is 9.00. The van der Waals surface area contributed by atoms with Crippen LogP contribution in [0.25, 0.3) is 17.4 Å². The van der Waals surface area contributed by atoms with Crippen molar-refractivity contribution in [1.29, 1.82) is 0 Å². The maximum Gasteiger partial charge on any atom is 0.338 e. The van der Waals surface area contributed by atoms with E-state index in [1.165, 1.54) is 6.08 Å². The largest absolute Gasteiger partial charge is 0.462 e. The maximum absolute atomic E-state index is 11.7. The van der Waals surface area contributed by atoms with Crippen LogP contribution in [-0.4, -0.2) is 30.4 Å². The van der Waals surface area contributed by atoms with E-state index in [9.17, 15) is 19.2 Å². The first-order valence-electron chi connectivity index (χ1n) is 7.73. The number of carbonyl (C=O) groups excluding carboxylic acids is 4. The molecule has 0 unspecified atom stereocenters. The van der Waals surface area contributed by atoms with Gasteiger partial charge in [0.05, 0.1) is 12.2 Å². The van der Waals surface area contributed by atoms with E-state index < -0.39 is 23.8 Å². The Balaban J connectivity index is 1.81. The molecule has 0 atom stereocenters. The number of benzene rings is 1. The van der Waals surface area contributed by atoms with Crippen LogP contribution in [0.15, 0.2) is 46.4 Å². The Morgan fingerprint density at radius 2 is 1.69 bits per heavy atom. The topological polar surface area (TPSA) is 115 Å². The summed E-state index contributed by atoms with van der Waals surface area (Å²) in [5.41, 5.74) is 0.892. The van der Waals surface area contributed by atoms with Crippen LogP contribution in [0, 0.1) is 0 Å². The molecule has 1 aromatic heterocycles. The Labute approximate surface area is 147 Å². The molecule has 0 spiro atoms. The van der Waals surface area contributed by atoms with Gasteiger partial charge in [0.2, 0.25) is 0 Å². The Morgan fingerprint density at radius 3 is 2.31 bits per heavy atom. The van der Waals surface area contributed by atoms with Crippen LogP contribution >= 0.6 is 0 Å². The van der Waals surface area contributed by atoms with E-state index >= 15 is 0 Å². The average Bonchev–Trinajstić information content (AvgIpc) is 3.07. The Kier molecular flexibility index (Phi) is 4.66. The molecule has 3 rings (SSSR count). The number of ether oxygens (including phenoxy) is 1. The molecule has 2 heterocycles. The first-order valence-corrected chi connectivity index (χ1v) is 7.73. The van der Waals surface area contributed by atoms with E-state index in [0.29, 0.717) is 23.5 Å². The molecule has 1 fully saturated rings. The van der Waals surface area contributed by atoms with Crippen molar-refractivity contribution in [3.63, 3.8) is 0 Å². The maximum atomic E-state index is 11.7. The number of esters is 1. The van der Waals surface area contributed by atoms with Crippen molar-refractivity contribution < 1.29 is 28.3 Å². The highest BCUT2D eigenvalue weighted by atomic mass is 16.5. The standard InChI is InChI=1S/C18H14N2O6/c1-2-25-17(23)11-5-3-10(4-6-11)14-8-7-12(26-14)9-13-15(21)19-18(24)20-16(13)22/h3-9H,2H2,1H3,(H2,19,20,21,22,24). The zero-order valence-corrected chi connectivity index (χ0v) is 13.7. The highest BCUT2D eigenvalue weighted by molar-refractivity contribution is 6.31. The van der Waals surface area contributed by atoms with Crippen molar-refractivity contribution in [2.45, 2.75) is 6.92 Å². The van der Waals surface area contributed by atoms with Gasteiger partial charge in [-0.25, -0.2) is 9.59 Å². The lowest BCUT2D eigenvalue weighted by Gasteiger charge is -2.13. The average molecular weight is 354 g/mol. The highest BCUT2D eigenvalue weighted by Gasteiger charge is 2.28. The molecule has 0 radical (unpaired) electrons. The van der Waals surface area contributed by atoms with Crippen LogP contribution in [0.2, 0.25) is 0 Å². The minimum Gasteiger partial charge on any atom is -0.462 e. The molecular formula is C18H14N2O6. The summed E-state index contributed by atoms with van der Waals surface area (Å²) < 4.78 is 10.5. The molecule has 1 aliphatic rings. The fourth-order valence-electron chi connectivity index (χ4n) is 2.32. The Hall–Kier alpha value is -3.68. The van der Waals surface area contributed by atoms with E-state index in [2.05, 4.69) is 0 Å². The normalized spacial score (nSPS) is 13.9. The van der Waals surface area contributed by atoms with E-state index in [1.807, 2.05) is 10.6 Å². The third-order valence-electron chi connectivity index (χ3n) is 3.54. The van der Waals surface area contributed by atoms with Gasteiger partial charge in [-0.15, -0.1) is 0 Å². The molecule has 1 aliphatic heterocycles. The molecular weight excluding hydrogens is 340 g/mol. The summed E-state index contributed by atoms with van der Waals surface area (Å²) in [6.07, 6.45) is 1.24. The molecule has 26 heavy (non-hydrogen) atoms. The van der Waals surface area contributed by atoms with Crippen LogP contribution < -0.4 is 10.6 Å². The van der Waals surface area contributed by atoms with Crippen LogP contribution in [0.4, 0.5) is 4.79 Å². The van der Waals surface area contributed by atoms with E-state index in [0.717, 1.165) is 0 Å². The number of imide groups is 2. The van der Waals surface area contributed by atoms with Gasteiger partial charge in [-0.2, -0.15) is 0 Å². The molecule has 0 aliphatic carbocycles. The molecule has 2 aromatic rings. The van der Waals surface area contributed by atoms with Crippen LogP contribution in [-0.2, 0) is 14.3 Å². The van der Waals surface area contributed by atoms with Crippen LogP contribution in [0.1, 0.15) is 23.0 Å². The van der Waals surface area contributed by atoms with Gasteiger partial charge in [0.25, 0.3) is 11.8 Å². The van der Waals surface area contributed by atoms with Gasteiger partial charge < -0.3 is 9.15 Å². The quantitative estimate of drug-likeness (QED) is 0.492. The highest BCUT2D eigenvalue weighted by Crippen LogP contribution is 2.24. The number of carbonyl (C=O) groups is 4. The van der Waals surface area contributed by atoms with Gasteiger partial charge in [-0.1, -0.05) is 12.1 Å². The fraction of sp³-hybridized carbons (Fsp3) is 0.111. The smallest absolute Gasteiger partial charge is 0.338 e. The third-order valence-corrected chi connectivity index (χ3v) is 3.54. The van der Waals surface area contributed by atoms with E-state index in [-0.39, 0.29) is 11.3 Å². The summed E-state index contributed by atoms with van der Waals surface area (Å²) in [4.78, 5) is 46.1. The molecule has 2 N–H and O–H groups in total. The summed E-state index contributed by atoms with van der Waals surface area (Å²) >= 11 is 0. The second-order valence-electron chi connectivity index (χ2n) is 5.30. The lowest BCUT2D eigenvalue weighted by Crippen LogP contribution is -2.51. The second-order valence-corrected chi connectivity index (χ2v) is 5.30. The molecule has 1 saturated heterocycles. The fourth-order valence-corrected chi connectivity index (χ4v) is 2.32. The Morgan fingerprint density at radius 1 is 1.04 bits per heavy atom. The number of urea groups is 1. The monoisotopic (exact) mass is 354 g/mol. The zero-order valence-electron chi connectivity index (χ0n) is 13.7. The molecule has 0 saturated carbocycles. The third kappa shape index (κ3) is 3.54. The lowest BCUT2D eigenvalue weighted by molar-refractivity contribution is -0.123. The van der Waals surface area contributed by atoms with Crippen LogP contribution in [0.3, 0.4) is 0 Å². The summed E-state index contributed by atoms with van der Waals surface area (Å²) in [6.45, 7) is 2.03. The van der Waals surface area contributed by atoms with Crippen LogP contribution in [0.5, 0.6) is 0 Å². The first-order chi connectivity index (χ1) is 12.5. The van der Waals surface area contributed by atoms with Gasteiger partial charge in [-0.05, 0) is 37.3 Å². The number of amides is 4. The van der Waals surface area contributed by atoms with Crippen molar-refractivity contribution in [2.75, 3.05) is 6.61 Å². The SMILES string of the molecule is CCOC(=O)c1ccc(-c2ccc(C=C3C(=O)NC(=O)NC3=O)o2)cc1. The number of barbiturate groups is 1. The number of rotatable bonds is 4. The number of nitrogens with one attached hydrogen (secondary N) is 2. The van der Waals surface area contributed by atoms with Gasteiger partial charge in [0, 0.05) is 5.56 Å². The van der Waals surface area contributed by atoms with Gasteiger partial charge in [0.15, 0.2) is 0 Å². The number of hydrogen-bond donors (Lipinski definition) is 2. The Bertz CT molecular complexity index is 901. The van der Waals surface area contributed by atoms with Crippen molar-refractivity contribution in [3.05, 3.63) is 53.3 Å². The molecule has 8 heteroatoms. The van der Waals surface area contributed by atoms with Crippen molar-refractivity contribution in [3.8, 4) is 11.3 Å².